The predicted octanol–water partition coefficient (Wildman–Crippen LogP) is 2.59. The molecule has 0 aliphatic carbocycles. The number of amides is 1. The summed E-state index contributed by atoms with van der Waals surface area (Å²) in [6.07, 6.45) is 3.90. The van der Waals surface area contributed by atoms with Gasteiger partial charge in [-0.15, -0.1) is 0 Å². The van der Waals surface area contributed by atoms with Crippen molar-refractivity contribution in [3.05, 3.63) is 23.3 Å². The van der Waals surface area contributed by atoms with Crippen LogP contribution in [0.2, 0.25) is 0 Å². The molecule has 0 radical (unpaired) electrons. The van der Waals surface area contributed by atoms with E-state index in [1.807, 2.05) is 6.92 Å². The van der Waals surface area contributed by atoms with Gasteiger partial charge in [-0.1, -0.05) is 19.1 Å². The Morgan fingerprint density at radius 3 is 2.72 bits per heavy atom. The fraction of sp³-hybridized carbons (Fsp3) is 0.667. The van der Waals surface area contributed by atoms with Crippen LogP contribution in [0.1, 0.15) is 39.5 Å². The first-order valence-corrected chi connectivity index (χ1v) is 6.82. The molecule has 1 fully saturated rings. The zero-order valence-corrected chi connectivity index (χ0v) is 11.5. The summed E-state index contributed by atoms with van der Waals surface area (Å²) < 4.78 is 5.45. The van der Waals surface area contributed by atoms with Crippen LogP contribution in [0.4, 0.5) is 0 Å². The van der Waals surface area contributed by atoms with Gasteiger partial charge in [0.15, 0.2) is 0 Å². The van der Waals surface area contributed by atoms with Gasteiger partial charge in [0.25, 0.3) is 5.91 Å². The Balaban J connectivity index is 2.27. The molecule has 0 aromatic heterocycles. The number of nitrogens with one attached hydrogen (secondary N) is 1. The molecule has 1 amide bonds. The smallest absolute Gasteiger partial charge is 0.251 e. The summed E-state index contributed by atoms with van der Waals surface area (Å²) in [7, 11) is 0. The van der Waals surface area contributed by atoms with Gasteiger partial charge in [0.05, 0.1) is 0 Å². The second-order valence-corrected chi connectivity index (χ2v) is 5.58. The van der Waals surface area contributed by atoms with E-state index >= 15 is 0 Å². The Hall–Kier alpha value is -1.09. The van der Waals surface area contributed by atoms with Crippen molar-refractivity contribution in [2.45, 2.75) is 39.5 Å². The van der Waals surface area contributed by atoms with E-state index in [2.05, 4.69) is 18.8 Å². The van der Waals surface area contributed by atoms with Crippen LogP contribution in [0.25, 0.3) is 0 Å². The van der Waals surface area contributed by atoms with E-state index in [4.69, 9.17) is 4.74 Å². The molecule has 2 aliphatic rings. The first-order valence-electron chi connectivity index (χ1n) is 6.82. The van der Waals surface area contributed by atoms with Crippen molar-refractivity contribution in [1.82, 2.24) is 5.32 Å². The largest absolute Gasteiger partial charge is 0.381 e. The topological polar surface area (TPSA) is 38.3 Å². The van der Waals surface area contributed by atoms with Crippen molar-refractivity contribution < 1.29 is 9.53 Å². The third-order valence-corrected chi connectivity index (χ3v) is 4.25. The SMILES string of the molecule is C=C(CC)C1=C(C)CC2(CCOCC2)CNC1=O. The highest BCUT2D eigenvalue weighted by atomic mass is 16.5. The summed E-state index contributed by atoms with van der Waals surface area (Å²) in [6, 6.07) is 0. The third-order valence-electron chi connectivity index (χ3n) is 4.25. The summed E-state index contributed by atoms with van der Waals surface area (Å²) in [5.41, 5.74) is 3.18. The molecule has 3 nitrogen and oxygen atoms in total. The molecule has 2 aliphatic heterocycles. The minimum Gasteiger partial charge on any atom is -0.381 e. The van der Waals surface area contributed by atoms with Gasteiger partial charge in [0, 0.05) is 25.3 Å². The molecule has 18 heavy (non-hydrogen) atoms. The molecule has 0 atom stereocenters. The van der Waals surface area contributed by atoms with E-state index in [0.717, 1.165) is 56.6 Å². The lowest BCUT2D eigenvalue weighted by Gasteiger charge is -2.36. The summed E-state index contributed by atoms with van der Waals surface area (Å²) in [5, 5.41) is 3.09. The van der Waals surface area contributed by atoms with Crippen molar-refractivity contribution in [2.75, 3.05) is 19.8 Å². The van der Waals surface area contributed by atoms with E-state index < -0.39 is 0 Å². The van der Waals surface area contributed by atoms with Gasteiger partial charge in [-0.05, 0) is 43.6 Å². The lowest BCUT2D eigenvalue weighted by atomic mass is 9.75. The average molecular weight is 249 g/mol. The Labute approximate surface area is 109 Å². The number of hydrogen-bond donors (Lipinski definition) is 1. The maximum absolute atomic E-state index is 12.2. The van der Waals surface area contributed by atoms with Crippen LogP contribution in [-0.4, -0.2) is 25.7 Å². The van der Waals surface area contributed by atoms with Gasteiger partial charge in [-0.2, -0.15) is 0 Å². The van der Waals surface area contributed by atoms with E-state index in [1.54, 1.807) is 0 Å². The number of rotatable bonds is 2. The van der Waals surface area contributed by atoms with E-state index in [0.29, 0.717) is 0 Å². The average Bonchev–Trinajstić information content (AvgIpc) is 2.48. The Morgan fingerprint density at radius 1 is 1.44 bits per heavy atom. The van der Waals surface area contributed by atoms with E-state index in [9.17, 15) is 4.79 Å². The van der Waals surface area contributed by atoms with Crippen molar-refractivity contribution in [2.24, 2.45) is 5.41 Å². The standard InChI is InChI=1S/C15H23NO2/c1-4-11(2)13-12(3)9-15(10-16-14(13)17)5-7-18-8-6-15/h2,4-10H2,1,3H3,(H,16,17). The molecule has 2 heterocycles. The number of ether oxygens (including phenoxy) is 1. The predicted molar refractivity (Wildman–Crippen MR) is 72.2 cm³/mol. The van der Waals surface area contributed by atoms with Gasteiger partial charge >= 0.3 is 0 Å². The van der Waals surface area contributed by atoms with Crippen LogP contribution in [0.15, 0.2) is 23.3 Å². The van der Waals surface area contributed by atoms with Gasteiger partial charge in [0.2, 0.25) is 0 Å². The monoisotopic (exact) mass is 249 g/mol. The van der Waals surface area contributed by atoms with Crippen molar-refractivity contribution in [3.63, 3.8) is 0 Å². The maximum atomic E-state index is 12.2. The van der Waals surface area contributed by atoms with Crippen LogP contribution in [0, 0.1) is 5.41 Å². The number of allylic oxidation sites excluding steroid dienone is 1. The first-order chi connectivity index (χ1) is 8.58. The number of carbonyl (C=O) groups excluding carboxylic acids is 1. The molecule has 0 bridgehead atoms. The van der Waals surface area contributed by atoms with Crippen molar-refractivity contribution in [1.29, 1.82) is 0 Å². The van der Waals surface area contributed by atoms with Crippen LogP contribution in [0.3, 0.4) is 0 Å². The highest BCUT2D eigenvalue weighted by Crippen LogP contribution is 2.39. The second kappa shape index (κ2) is 5.27. The fourth-order valence-corrected chi connectivity index (χ4v) is 3.06. The van der Waals surface area contributed by atoms with E-state index in [-0.39, 0.29) is 11.3 Å². The Morgan fingerprint density at radius 2 is 2.11 bits per heavy atom. The molecular formula is C15H23NO2. The number of hydrogen-bond acceptors (Lipinski definition) is 2. The van der Waals surface area contributed by atoms with Crippen LogP contribution < -0.4 is 5.32 Å². The minimum atomic E-state index is 0.0581. The van der Waals surface area contributed by atoms with Crippen LogP contribution >= 0.6 is 0 Å². The first kappa shape index (κ1) is 13.3. The summed E-state index contributed by atoms with van der Waals surface area (Å²) >= 11 is 0. The fourth-order valence-electron chi connectivity index (χ4n) is 3.06. The summed E-state index contributed by atoms with van der Waals surface area (Å²) in [5.74, 6) is 0.0581. The highest BCUT2D eigenvalue weighted by Gasteiger charge is 2.36. The van der Waals surface area contributed by atoms with Crippen molar-refractivity contribution >= 4 is 5.91 Å². The molecule has 0 aromatic carbocycles. The third kappa shape index (κ3) is 2.51. The van der Waals surface area contributed by atoms with Crippen LogP contribution in [-0.2, 0) is 9.53 Å². The summed E-state index contributed by atoms with van der Waals surface area (Å²) in [6.45, 7) is 10.6. The lowest BCUT2D eigenvalue weighted by Crippen LogP contribution is -2.39. The molecule has 1 saturated heterocycles. The van der Waals surface area contributed by atoms with Gasteiger partial charge in [-0.3, -0.25) is 4.79 Å². The molecule has 1 N–H and O–H groups in total. The zero-order chi connectivity index (χ0) is 13.2. The van der Waals surface area contributed by atoms with Gasteiger partial charge in [0.1, 0.15) is 0 Å². The van der Waals surface area contributed by atoms with Gasteiger partial charge < -0.3 is 10.1 Å². The zero-order valence-electron chi connectivity index (χ0n) is 11.5. The Kier molecular flexibility index (Phi) is 3.91. The molecule has 0 unspecified atom stereocenters. The minimum absolute atomic E-state index is 0.0581. The number of carbonyl (C=O) groups is 1. The van der Waals surface area contributed by atoms with E-state index in [1.165, 1.54) is 5.57 Å². The highest BCUT2D eigenvalue weighted by molar-refractivity contribution is 5.98. The molecule has 3 heteroatoms. The lowest BCUT2D eigenvalue weighted by molar-refractivity contribution is -0.117. The quantitative estimate of drug-likeness (QED) is 0.817. The maximum Gasteiger partial charge on any atom is 0.251 e. The molecule has 1 spiro atoms. The Bertz CT molecular complexity index is 389. The molecule has 0 aromatic rings. The molecular weight excluding hydrogens is 226 g/mol. The normalized spacial score (nSPS) is 23.8. The molecule has 0 saturated carbocycles. The van der Waals surface area contributed by atoms with Gasteiger partial charge in [-0.25, -0.2) is 0 Å². The second-order valence-electron chi connectivity index (χ2n) is 5.58. The molecule has 2 rings (SSSR count). The molecule has 100 valence electrons. The van der Waals surface area contributed by atoms with Crippen molar-refractivity contribution in [3.8, 4) is 0 Å². The van der Waals surface area contributed by atoms with Crippen LogP contribution in [0.5, 0.6) is 0 Å². The summed E-state index contributed by atoms with van der Waals surface area (Å²) in [4.78, 5) is 12.2.